The highest BCUT2D eigenvalue weighted by atomic mass is 16.6. The van der Waals surface area contributed by atoms with Crippen molar-refractivity contribution in [3.05, 3.63) is 39.4 Å². The van der Waals surface area contributed by atoms with E-state index in [4.69, 9.17) is 5.11 Å². The van der Waals surface area contributed by atoms with Gasteiger partial charge in [0, 0.05) is 29.8 Å². The van der Waals surface area contributed by atoms with Crippen molar-refractivity contribution in [3.8, 4) is 0 Å². The Balaban J connectivity index is 2.27. The van der Waals surface area contributed by atoms with E-state index in [2.05, 4.69) is 0 Å². The van der Waals surface area contributed by atoms with Gasteiger partial charge in [-0.15, -0.1) is 0 Å². The molecule has 0 saturated carbocycles. The molecule has 2 atom stereocenters. The molecule has 2 rings (SSSR count). The van der Waals surface area contributed by atoms with Gasteiger partial charge in [0.2, 0.25) is 0 Å². The summed E-state index contributed by atoms with van der Waals surface area (Å²) in [5.41, 5.74) is 0.585. The second kappa shape index (κ2) is 5.51. The van der Waals surface area contributed by atoms with E-state index in [1.165, 1.54) is 23.1 Å². The summed E-state index contributed by atoms with van der Waals surface area (Å²) in [5, 5.41) is 20.0. The third-order valence-electron chi connectivity index (χ3n) is 3.99. The second-order valence-corrected chi connectivity index (χ2v) is 5.23. The molecule has 0 aromatic heterocycles. The third-order valence-corrected chi connectivity index (χ3v) is 3.99. The van der Waals surface area contributed by atoms with Crippen LogP contribution in [0.15, 0.2) is 18.2 Å². The summed E-state index contributed by atoms with van der Waals surface area (Å²) >= 11 is 0. The fourth-order valence-corrected chi connectivity index (χ4v) is 2.66. The van der Waals surface area contributed by atoms with Crippen LogP contribution in [0.2, 0.25) is 0 Å². The van der Waals surface area contributed by atoms with Crippen molar-refractivity contribution in [1.82, 2.24) is 4.90 Å². The number of carboxylic acids is 1. The van der Waals surface area contributed by atoms with Crippen LogP contribution in [0.1, 0.15) is 29.3 Å². The Bertz CT molecular complexity index is 613. The van der Waals surface area contributed by atoms with Crippen LogP contribution in [0.4, 0.5) is 5.69 Å². The molecule has 7 nitrogen and oxygen atoms in total. The average molecular weight is 292 g/mol. The maximum atomic E-state index is 12.4. The van der Waals surface area contributed by atoms with Gasteiger partial charge in [-0.2, -0.15) is 0 Å². The van der Waals surface area contributed by atoms with Crippen LogP contribution in [0.3, 0.4) is 0 Å². The molecule has 1 aromatic carbocycles. The molecular formula is C14H16N2O5. The lowest BCUT2D eigenvalue weighted by atomic mass is 10.0. The largest absolute Gasteiger partial charge is 0.481 e. The van der Waals surface area contributed by atoms with Gasteiger partial charge in [0.15, 0.2) is 0 Å². The van der Waals surface area contributed by atoms with E-state index < -0.39 is 22.9 Å². The van der Waals surface area contributed by atoms with Gasteiger partial charge in [-0.1, -0.05) is 6.07 Å². The Labute approximate surface area is 121 Å². The smallest absolute Gasteiger partial charge is 0.308 e. The molecule has 21 heavy (non-hydrogen) atoms. The Hall–Kier alpha value is -2.44. The Morgan fingerprint density at radius 3 is 2.62 bits per heavy atom. The second-order valence-electron chi connectivity index (χ2n) is 5.23. The summed E-state index contributed by atoms with van der Waals surface area (Å²) in [4.78, 5) is 35.4. The maximum Gasteiger partial charge on any atom is 0.308 e. The summed E-state index contributed by atoms with van der Waals surface area (Å²) in [6, 6.07) is 3.89. The minimum Gasteiger partial charge on any atom is -0.481 e. The van der Waals surface area contributed by atoms with E-state index >= 15 is 0 Å². The molecule has 0 spiro atoms. The number of benzene rings is 1. The van der Waals surface area contributed by atoms with Crippen LogP contribution in [-0.2, 0) is 4.79 Å². The molecule has 0 radical (unpaired) electrons. The van der Waals surface area contributed by atoms with Crippen LogP contribution >= 0.6 is 0 Å². The predicted molar refractivity (Wildman–Crippen MR) is 74.1 cm³/mol. The highest BCUT2D eigenvalue weighted by molar-refractivity contribution is 5.95. The average Bonchev–Trinajstić information content (AvgIpc) is 2.80. The molecule has 1 saturated heterocycles. The summed E-state index contributed by atoms with van der Waals surface area (Å²) in [6.07, 6.45) is 0.399. The molecule has 1 amide bonds. The van der Waals surface area contributed by atoms with Crippen LogP contribution in [0.5, 0.6) is 0 Å². The van der Waals surface area contributed by atoms with Crippen molar-refractivity contribution in [2.45, 2.75) is 26.3 Å². The summed E-state index contributed by atoms with van der Waals surface area (Å²) in [5.74, 6) is -1.88. The van der Waals surface area contributed by atoms with E-state index in [-0.39, 0.29) is 17.2 Å². The van der Waals surface area contributed by atoms with Gasteiger partial charge in [0.25, 0.3) is 11.6 Å². The molecule has 7 heteroatoms. The highest BCUT2D eigenvalue weighted by Gasteiger charge is 2.38. The number of hydrogen-bond donors (Lipinski definition) is 1. The first-order valence-electron chi connectivity index (χ1n) is 6.61. The molecule has 1 aliphatic rings. The summed E-state index contributed by atoms with van der Waals surface area (Å²) < 4.78 is 0. The predicted octanol–water partition coefficient (Wildman–Crippen LogP) is 1.84. The number of likely N-dealkylation sites (tertiary alicyclic amines) is 1. The van der Waals surface area contributed by atoms with Gasteiger partial charge in [0.05, 0.1) is 10.8 Å². The van der Waals surface area contributed by atoms with Crippen molar-refractivity contribution in [1.29, 1.82) is 0 Å². The monoisotopic (exact) mass is 292 g/mol. The van der Waals surface area contributed by atoms with E-state index in [0.717, 1.165) is 0 Å². The van der Waals surface area contributed by atoms with Crippen molar-refractivity contribution in [2.24, 2.45) is 5.92 Å². The van der Waals surface area contributed by atoms with Gasteiger partial charge >= 0.3 is 5.97 Å². The Morgan fingerprint density at radius 2 is 2.10 bits per heavy atom. The van der Waals surface area contributed by atoms with E-state index in [9.17, 15) is 19.7 Å². The number of nitro benzene ring substituents is 1. The topological polar surface area (TPSA) is 101 Å². The van der Waals surface area contributed by atoms with Crippen LogP contribution in [0, 0.1) is 23.0 Å². The quantitative estimate of drug-likeness (QED) is 0.676. The molecule has 1 aromatic rings. The number of aliphatic carboxylic acids is 1. The van der Waals surface area contributed by atoms with Crippen LogP contribution in [-0.4, -0.2) is 39.4 Å². The minimum atomic E-state index is -0.923. The number of nitro groups is 1. The summed E-state index contributed by atoms with van der Waals surface area (Å²) in [6.45, 7) is 3.64. The molecule has 1 fully saturated rings. The number of aryl methyl sites for hydroxylation is 1. The lowest BCUT2D eigenvalue weighted by Gasteiger charge is -2.23. The van der Waals surface area contributed by atoms with Crippen LogP contribution in [0.25, 0.3) is 0 Å². The first-order valence-corrected chi connectivity index (χ1v) is 6.61. The van der Waals surface area contributed by atoms with Crippen molar-refractivity contribution >= 4 is 17.6 Å². The van der Waals surface area contributed by atoms with E-state index in [0.29, 0.717) is 18.5 Å². The van der Waals surface area contributed by atoms with Gasteiger partial charge < -0.3 is 10.0 Å². The fourth-order valence-electron chi connectivity index (χ4n) is 2.66. The van der Waals surface area contributed by atoms with Gasteiger partial charge in [-0.3, -0.25) is 19.7 Å². The SMILES string of the molecule is Cc1ccc(C(=O)N2CCC(C(=O)O)C2C)cc1[N+](=O)[O-]. The molecule has 1 aliphatic heterocycles. The minimum absolute atomic E-state index is 0.109. The molecule has 2 unspecified atom stereocenters. The molecule has 0 bridgehead atoms. The molecule has 1 N–H and O–H groups in total. The number of carboxylic acid groups (broad SMARTS) is 1. The number of amides is 1. The normalized spacial score (nSPS) is 21.3. The lowest BCUT2D eigenvalue weighted by Crippen LogP contribution is -2.37. The number of hydrogen-bond acceptors (Lipinski definition) is 4. The van der Waals surface area contributed by atoms with Crippen LogP contribution < -0.4 is 0 Å². The lowest BCUT2D eigenvalue weighted by molar-refractivity contribution is -0.385. The van der Waals surface area contributed by atoms with Crippen molar-refractivity contribution in [2.75, 3.05) is 6.54 Å². The van der Waals surface area contributed by atoms with Gasteiger partial charge in [-0.25, -0.2) is 0 Å². The third kappa shape index (κ3) is 2.72. The van der Waals surface area contributed by atoms with Gasteiger partial charge in [-0.05, 0) is 26.3 Å². The molecule has 1 heterocycles. The number of rotatable bonds is 3. The molecule has 0 aliphatic carbocycles. The Morgan fingerprint density at radius 1 is 1.43 bits per heavy atom. The summed E-state index contributed by atoms with van der Waals surface area (Å²) in [7, 11) is 0. The first kappa shape index (κ1) is 15.0. The van der Waals surface area contributed by atoms with Crippen molar-refractivity contribution < 1.29 is 19.6 Å². The zero-order valence-electron chi connectivity index (χ0n) is 11.8. The number of carbonyl (C=O) groups is 2. The highest BCUT2D eigenvalue weighted by Crippen LogP contribution is 2.27. The van der Waals surface area contributed by atoms with E-state index in [1.807, 2.05) is 0 Å². The first-order chi connectivity index (χ1) is 9.82. The van der Waals surface area contributed by atoms with E-state index in [1.54, 1.807) is 13.8 Å². The van der Waals surface area contributed by atoms with Crippen molar-refractivity contribution in [3.63, 3.8) is 0 Å². The standard InChI is InChI=1S/C14H16N2O5/c1-8-3-4-10(7-12(8)16(20)21)13(17)15-6-5-11(9(15)2)14(18)19/h3-4,7,9,11H,5-6H2,1-2H3,(H,18,19). The fraction of sp³-hybridized carbons (Fsp3) is 0.429. The van der Waals surface area contributed by atoms with Gasteiger partial charge in [0.1, 0.15) is 0 Å². The zero-order chi connectivity index (χ0) is 15.7. The zero-order valence-corrected chi connectivity index (χ0v) is 11.8. The number of carbonyl (C=O) groups excluding carboxylic acids is 1. The number of nitrogens with zero attached hydrogens (tertiary/aromatic N) is 2. The molecule has 112 valence electrons. The molecular weight excluding hydrogens is 276 g/mol. The maximum absolute atomic E-state index is 12.4. The Kier molecular flexibility index (Phi) is 3.93.